The molecule has 1 heteroatoms. The molecule has 0 amide bonds. The van der Waals surface area contributed by atoms with E-state index in [1.165, 1.54) is 12.8 Å². The van der Waals surface area contributed by atoms with Gasteiger partial charge in [0, 0.05) is 0 Å². The molecule has 1 rings (SSSR count). The molecule has 0 aromatic heterocycles. The third-order valence-corrected chi connectivity index (χ3v) is 2.17. The van der Waals surface area contributed by atoms with Gasteiger partial charge in [0.1, 0.15) is 0 Å². The quantitative estimate of drug-likeness (QED) is 0.552. The molecule has 0 unspecified atom stereocenters. The summed E-state index contributed by atoms with van der Waals surface area (Å²) in [5.41, 5.74) is 0.203. The molecule has 0 aliphatic carbocycles. The van der Waals surface area contributed by atoms with Gasteiger partial charge in [-0.05, 0) is 32.6 Å². The molecule has 0 N–H and O–H groups in total. The Morgan fingerprint density at radius 2 is 1.90 bits per heavy atom. The molecule has 0 aromatic rings. The van der Waals surface area contributed by atoms with Gasteiger partial charge in [0.05, 0.1) is 11.7 Å². The predicted octanol–water partition coefficient (Wildman–Crippen LogP) is 2.60. The van der Waals surface area contributed by atoms with Crippen molar-refractivity contribution in [3.05, 3.63) is 0 Å². The van der Waals surface area contributed by atoms with Crippen molar-refractivity contribution in [2.75, 3.05) is 0 Å². The topological polar surface area (TPSA) is 12.5 Å². The third kappa shape index (κ3) is 1.98. The summed E-state index contributed by atoms with van der Waals surface area (Å²) in [5, 5.41) is 0. The van der Waals surface area contributed by atoms with Gasteiger partial charge in [-0.25, -0.2) is 0 Å². The van der Waals surface area contributed by atoms with Crippen molar-refractivity contribution >= 4 is 0 Å². The van der Waals surface area contributed by atoms with Gasteiger partial charge < -0.3 is 4.74 Å². The number of hydrogen-bond donors (Lipinski definition) is 0. The molecule has 1 fully saturated rings. The average Bonchev–Trinajstić information content (AvgIpc) is 2.35. The summed E-state index contributed by atoms with van der Waals surface area (Å²) in [4.78, 5) is 0. The molecular weight excluding hydrogens is 124 g/mol. The lowest BCUT2D eigenvalue weighted by molar-refractivity contribution is 0.315. The van der Waals surface area contributed by atoms with Crippen LogP contribution in [-0.2, 0) is 4.74 Å². The van der Waals surface area contributed by atoms with Crippen LogP contribution in [0.25, 0.3) is 0 Å². The fourth-order valence-corrected chi connectivity index (χ4v) is 1.22. The summed E-state index contributed by atoms with van der Waals surface area (Å²) < 4.78 is 5.45. The van der Waals surface area contributed by atoms with Gasteiger partial charge in [0.2, 0.25) is 0 Å². The second-order valence-electron chi connectivity index (χ2n) is 4.18. The smallest absolute Gasteiger partial charge is 0.0892 e. The van der Waals surface area contributed by atoms with E-state index in [4.69, 9.17) is 4.74 Å². The predicted molar refractivity (Wildman–Crippen MR) is 43.0 cm³/mol. The van der Waals surface area contributed by atoms with Gasteiger partial charge in [-0.15, -0.1) is 0 Å². The van der Waals surface area contributed by atoms with Crippen LogP contribution in [0.1, 0.15) is 40.5 Å². The van der Waals surface area contributed by atoms with Gasteiger partial charge in [0.25, 0.3) is 0 Å². The molecular formula is C9H18O. The van der Waals surface area contributed by atoms with Gasteiger partial charge in [-0.2, -0.15) is 0 Å². The lowest BCUT2D eigenvalue weighted by Crippen LogP contribution is -2.03. The first-order chi connectivity index (χ1) is 4.52. The monoisotopic (exact) mass is 142 g/mol. The summed E-state index contributed by atoms with van der Waals surface area (Å²) in [7, 11) is 0. The normalized spacial score (nSPS) is 29.1. The van der Waals surface area contributed by atoms with E-state index in [2.05, 4.69) is 27.7 Å². The summed E-state index contributed by atoms with van der Waals surface area (Å²) in [5.74, 6) is 0.819. The minimum atomic E-state index is 0.203. The first-order valence-corrected chi connectivity index (χ1v) is 4.20. The lowest BCUT2D eigenvalue weighted by atomic mass is 10.0. The van der Waals surface area contributed by atoms with E-state index < -0.39 is 0 Å². The van der Waals surface area contributed by atoms with Crippen molar-refractivity contribution in [3.8, 4) is 0 Å². The highest BCUT2D eigenvalue weighted by Gasteiger charge is 2.46. The summed E-state index contributed by atoms with van der Waals surface area (Å²) in [6.07, 6.45) is 3.09. The van der Waals surface area contributed by atoms with Crippen LogP contribution in [0.2, 0.25) is 0 Å². The Hall–Kier alpha value is -0.0400. The maximum atomic E-state index is 5.45. The highest BCUT2D eigenvalue weighted by Crippen LogP contribution is 2.38. The van der Waals surface area contributed by atoms with Crippen molar-refractivity contribution in [3.63, 3.8) is 0 Å². The van der Waals surface area contributed by atoms with Crippen LogP contribution in [0.3, 0.4) is 0 Å². The molecule has 60 valence electrons. The zero-order valence-corrected chi connectivity index (χ0v) is 7.48. The van der Waals surface area contributed by atoms with Gasteiger partial charge in [-0.3, -0.25) is 0 Å². The van der Waals surface area contributed by atoms with Crippen LogP contribution >= 0.6 is 0 Å². The number of epoxide rings is 1. The highest BCUT2D eigenvalue weighted by atomic mass is 16.6. The van der Waals surface area contributed by atoms with E-state index in [-0.39, 0.29) is 5.60 Å². The van der Waals surface area contributed by atoms with E-state index in [9.17, 15) is 0 Å². The first kappa shape index (κ1) is 8.06. The minimum absolute atomic E-state index is 0.203. The average molecular weight is 142 g/mol. The van der Waals surface area contributed by atoms with Gasteiger partial charge in [0.15, 0.2) is 0 Å². The SMILES string of the molecule is CC(C)CC[C@H]1OC1(C)C. The Balaban J connectivity index is 2.07. The van der Waals surface area contributed by atoms with Crippen LogP contribution < -0.4 is 0 Å². The molecule has 1 aliphatic rings. The summed E-state index contributed by atoms with van der Waals surface area (Å²) >= 11 is 0. The molecule has 1 heterocycles. The van der Waals surface area contributed by atoms with E-state index in [0.29, 0.717) is 6.10 Å². The molecule has 1 atom stereocenters. The van der Waals surface area contributed by atoms with Gasteiger partial charge in [-0.1, -0.05) is 13.8 Å². The molecule has 0 aromatic carbocycles. The van der Waals surface area contributed by atoms with Crippen LogP contribution in [0.15, 0.2) is 0 Å². The van der Waals surface area contributed by atoms with Crippen LogP contribution in [0.5, 0.6) is 0 Å². The molecule has 0 bridgehead atoms. The Bertz CT molecular complexity index is 116. The van der Waals surface area contributed by atoms with Crippen LogP contribution in [0.4, 0.5) is 0 Å². The molecule has 1 aliphatic heterocycles. The fourth-order valence-electron chi connectivity index (χ4n) is 1.22. The molecule has 1 nitrogen and oxygen atoms in total. The van der Waals surface area contributed by atoms with Crippen LogP contribution in [-0.4, -0.2) is 11.7 Å². The van der Waals surface area contributed by atoms with Crippen molar-refractivity contribution in [2.24, 2.45) is 5.92 Å². The van der Waals surface area contributed by atoms with Crippen molar-refractivity contribution in [2.45, 2.75) is 52.2 Å². The maximum Gasteiger partial charge on any atom is 0.0892 e. The maximum absolute atomic E-state index is 5.45. The van der Waals surface area contributed by atoms with E-state index in [1.807, 2.05) is 0 Å². The van der Waals surface area contributed by atoms with Crippen molar-refractivity contribution in [1.29, 1.82) is 0 Å². The van der Waals surface area contributed by atoms with E-state index in [0.717, 1.165) is 5.92 Å². The zero-order valence-electron chi connectivity index (χ0n) is 7.48. The Kier molecular flexibility index (Phi) is 2.04. The summed E-state index contributed by atoms with van der Waals surface area (Å²) in [6.45, 7) is 8.85. The highest BCUT2D eigenvalue weighted by molar-refractivity contribution is 4.94. The molecule has 0 saturated carbocycles. The second kappa shape index (κ2) is 2.54. The second-order valence-corrected chi connectivity index (χ2v) is 4.18. The van der Waals surface area contributed by atoms with Crippen molar-refractivity contribution in [1.82, 2.24) is 0 Å². The Labute approximate surface area is 63.8 Å². The van der Waals surface area contributed by atoms with Crippen LogP contribution in [0, 0.1) is 5.92 Å². The molecule has 0 spiro atoms. The molecule has 0 radical (unpaired) electrons. The van der Waals surface area contributed by atoms with Crippen molar-refractivity contribution < 1.29 is 4.74 Å². The zero-order chi connectivity index (χ0) is 7.78. The lowest BCUT2D eigenvalue weighted by Gasteiger charge is -2.01. The number of hydrogen-bond acceptors (Lipinski definition) is 1. The third-order valence-electron chi connectivity index (χ3n) is 2.17. The first-order valence-electron chi connectivity index (χ1n) is 4.20. The van der Waals surface area contributed by atoms with Gasteiger partial charge >= 0.3 is 0 Å². The largest absolute Gasteiger partial charge is 0.367 e. The Morgan fingerprint density at radius 3 is 2.20 bits per heavy atom. The Morgan fingerprint density at radius 1 is 1.40 bits per heavy atom. The molecule has 10 heavy (non-hydrogen) atoms. The standard InChI is InChI=1S/C9H18O/c1-7(2)5-6-8-9(3,4)10-8/h7-8H,5-6H2,1-4H3/t8-/m1/s1. The number of ether oxygens (including phenoxy) is 1. The van der Waals surface area contributed by atoms with E-state index in [1.54, 1.807) is 0 Å². The number of rotatable bonds is 3. The minimum Gasteiger partial charge on any atom is -0.367 e. The summed E-state index contributed by atoms with van der Waals surface area (Å²) in [6, 6.07) is 0. The molecule has 1 saturated heterocycles. The fraction of sp³-hybridized carbons (Fsp3) is 1.00. The van der Waals surface area contributed by atoms with E-state index >= 15 is 0 Å².